The number of aliphatic hydroxyl groups excluding tert-OH is 1. The molecule has 3 N–H and O–H groups in total. The van der Waals surface area contributed by atoms with E-state index in [1.165, 1.54) is 16.7 Å². The molecule has 0 saturated heterocycles. The fourth-order valence-electron chi connectivity index (χ4n) is 4.84. The molecular formula is C31H34N4O3. The van der Waals surface area contributed by atoms with Gasteiger partial charge in [-0.2, -0.15) is 0 Å². The lowest BCUT2D eigenvalue weighted by Gasteiger charge is -2.28. The molecule has 1 aromatic heterocycles. The van der Waals surface area contributed by atoms with Crippen molar-refractivity contribution in [3.05, 3.63) is 108 Å². The van der Waals surface area contributed by atoms with Crippen LogP contribution in [0.2, 0.25) is 0 Å². The average Bonchev–Trinajstić information content (AvgIpc) is 3.41. The van der Waals surface area contributed by atoms with Gasteiger partial charge in [0, 0.05) is 50.5 Å². The number of rotatable bonds is 11. The molecule has 0 spiro atoms. The quantitative estimate of drug-likeness (QED) is 0.254. The largest absolute Gasteiger partial charge is 0.492 e. The molecule has 1 unspecified atom stereocenters. The smallest absolute Gasteiger partial charge is 0.255 e. The highest BCUT2D eigenvalue weighted by atomic mass is 16.5. The number of fused-ring (bicyclic) bond motifs is 1. The van der Waals surface area contributed by atoms with Gasteiger partial charge < -0.3 is 25.0 Å². The van der Waals surface area contributed by atoms with Crippen LogP contribution in [-0.2, 0) is 13.1 Å². The molecule has 0 radical (unpaired) electrons. The zero-order valence-electron chi connectivity index (χ0n) is 21.5. The predicted octanol–water partition coefficient (Wildman–Crippen LogP) is 4.71. The van der Waals surface area contributed by atoms with Gasteiger partial charge in [0.25, 0.3) is 5.91 Å². The van der Waals surface area contributed by atoms with Crippen molar-refractivity contribution in [1.29, 1.82) is 0 Å². The number of aromatic nitrogens is 2. The SMILES string of the molecule is O=C(NCCCCO)c1cccc2c1OCCC2NCc1cncn1Cc1ccc(-c2ccccc2)cc1. The van der Waals surface area contributed by atoms with Crippen LogP contribution in [0.25, 0.3) is 11.1 Å². The minimum Gasteiger partial charge on any atom is -0.492 e. The van der Waals surface area contributed by atoms with E-state index in [0.717, 1.165) is 30.6 Å². The lowest BCUT2D eigenvalue weighted by atomic mass is 9.97. The molecule has 1 aliphatic heterocycles. The summed E-state index contributed by atoms with van der Waals surface area (Å²) in [5, 5.41) is 15.5. The Hall–Kier alpha value is -3.94. The Balaban J connectivity index is 1.23. The summed E-state index contributed by atoms with van der Waals surface area (Å²) in [6, 6.07) is 24.9. The van der Waals surface area contributed by atoms with Crippen LogP contribution in [0.1, 0.15) is 52.5 Å². The van der Waals surface area contributed by atoms with Gasteiger partial charge in [-0.1, -0.05) is 66.7 Å². The summed E-state index contributed by atoms with van der Waals surface area (Å²) in [7, 11) is 0. The zero-order valence-corrected chi connectivity index (χ0v) is 21.5. The third kappa shape index (κ3) is 6.13. The molecule has 3 aromatic carbocycles. The molecule has 1 atom stereocenters. The lowest BCUT2D eigenvalue weighted by molar-refractivity contribution is 0.0946. The zero-order chi connectivity index (χ0) is 26.2. The molecule has 4 aromatic rings. The van der Waals surface area contributed by atoms with E-state index in [9.17, 15) is 4.79 Å². The highest BCUT2D eigenvalue weighted by molar-refractivity contribution is 5.97. The van der Waals surface area contributed by atoms with Crippen LogP contribution >= 0.6 is 0 Å². The number of carbonyl (C=O) groups excluding carboxylic acids is 1. The van der Waals surface area contributed by atoms with Gasteiger partial charge in [-0.15, -0.1) is 0 Å². The molecule has 0 fully saturated rings. The number of hydrogen-bond donors (Lipinski definition) is 3. The normalized spacial score (nSPS) is 14.5. The van der Waals surface area contributed by atoms with Gasteiger partial charge in [0.15, 0.2) is 0 Å². The number of hydrogen-bond acceptors (Lipinski definition) is 5. The maximum absolute atomic E-state index is 12.8. The van der Waals surface area contributed by atoms with Crippen molar-refractivity contribution >= 4 is 5.91 Å². The molecule has 38 heavy (non-hydrogen) atoms. The molecule has 7 heteroatoms. The summed E-state index contributed by atoms with van der Waals surface area (Å²) in [6.45, 7) is 2.61. The number of nitrogens with zero attached hydrogens (tertiary/aromatic N) is 2. The third-order valence-electron chi connectivity index (χ3n) is 6.93. The minimum atomic E-state index is -0.142. The first-order valence-corrected chi connectivity index (χ1v) is 13.2. The maximum Gasteiger partial charge on any atom is 0.255 e. The summed E-state index contributed by atoms with van der Waals surface area (Å²) in [6.07, 6.45) is 6.02. The van der Waals surface area contributed by atoms with Crippen molar-refractivity contribution in [1.82, 2.24) is 20.2 Å². The van der Waals surface area contributed by atoms with Gasteiger partial charge >= 0.3 is 0 Å². The maximum atomic E-state index is 12.8. The molecule has 0 saturated carbocycles. The minimum absolute atomic E-state index is 0.0781. The van der Waals surface area contributed by atoms with Crippen LogP contribution < -0.4 is 15.4 Å². The Kier molecular flexibility index (Phi) is 8.48. The molecule has 7 nitrogen and oxygen atoms in total. The number of imidazole rings is 1. The molecule has 2 heterocycles. The Bertz CT molecular complexity index is 1340. The Morgan fingerprint density at radius 3 is 2.63 bits per heavy atom. The Morgan fingerprint density at radius 1 is 1.00 bits per heavy atom. The van der Waals surface area contributed by atoms with Gasteiger partial charge in [0.2, 0.25) is 0 Å². The number of nitrogens with one attached hydrogen (secondary N) is 2. The van der Waals surface area contributed by atoms with E-state index in [2.05, 4.69) is 68.7 Å². The Labute approximate surface area is 223 Å². The second kappa shape index (κ2) is 12.5. The summed E-state index contributed by atoms with van der Waals surface area (Å²) in [5.74, 6) is 0.514. The van der Waals surface area contributed by atoms with E-state index in [1.807, 2.05) is 30.7 Å². The van der Waals surface area contributed by atoms with Gasteiger partial charge in [-0.3, -0.25) is 4.79 Å². The van der Waals surface area contributed by atoms with Gasteiger partial charge in [-0.05, 0) is 35.6 Å². The predicted molar refractivity (Wildman–Crippen MR) is 148 cm³/mol. The van der Waals surface area contributed by atoms with E-state index in [1.54, 1.807) is 6.07 Å². The monoisotopic (exact) mass is 510 g/mol. The average molecular weight is 511 g/mol. The highest BCUT2D eigenvalue weighted by Gasteiger charge is 2.26. The number of aliphatic hydroxyl groups is 1. The van der Waals surface area contributed by atoms with E-state index < -0.39 is 0 Å². The second-order valence-electron chi connectivity index (χ2n) is 9.56. The first-order valence-electron chi connectivity index (χ1n) is 13.2. The fraction of sp³-hybridized carbons (Fsp3) is 0.290. The van der Waals surface area contributed by atoms with E-state index >= 15 is 0 Å². The topological polar surface area (TPSA) is 88.4 Å². The number of amides is 1. The second-order valence-corrected chi connectivity index (χ2v) is 9.56. The number of carbonyl (C=O) groups is 1. The van der Waals surface area contributed by atoms with E-state index in [-0.39, 0.29) is 18.6 Å². The first kappa shape index (κ1) is 25.7. The first-order chi connectivity index (χ1) is 18.7. The lowest BCUT2D eigenvalue weighted by Crippen LogP contribution is -2.30. The number of unbranched alkanes of at least 4 members (excludes halogenated alkanes) is 1. The number of ether oxygens (including phenoxy) is 1. The van der Waals surface area contributed by atoms with Crippen molar-refractivity contribution < 1.29 is 14.6 Å². The van der Waals surface area contributed by atoms with Crippen LogP contribution in [0.4, 0.5) is 0 Å². The van der Waals surface area contributed by atoms with Crippen LogP contribution in [0.15, 0.2) is 85.3 Å². The summed E-state index contributed by atoms with van der Waals surface area (Å²) >= 11 is 0. The van der Waals surface area contributed by atoms with Crippen molar-refractivity contribution in [3.63, 3.8) is 0 Å². The van der Waals surface area contributed by atoms with Crippen molar-refractivity contribution in [2.45, 2.75) is 38.4 Å². The summed E-state index contributed by atoms with van der Waals surface area (Å²) in [5.41, 5.74) is 6.30. The number of para-hydroxylation sites is 1. The molecular weight excluding hydrogens is 476 g/mol. The van der Waals surface area contributed by atoms with Crippen molar-refractivity contribution in [3.8, 4) is 16.9 Å². The number of benzene rings is 3. The van der Waals surface area contributed by atoms with Crippen molar-refractivity contribution in [2.75, 3.05) is 19.8 Å². The van der Waals surface area contributed by atoms with Crippen LogP contribution in [0.3, 0.4) is 0 Å². The molecule has 0 aliphatic carbocycles. The van der Waals surface area contributed by atoms with Crippen molar-refractivity contribution in [2.24, 2.45) is 0 Å². The standard InChI is InChI=1S/C31H34N4O3/c36-17-5-4-16-33-31(37)28-10-6-9-27-29(15-18-38-30(27)28)34-20-26-19-32-22-35(26)21-23-11-13-25(14-12-23)24-7-2-1-3-8-24/h1-3,6-14,19,22,29,34,36H,4-5,15-18,20-21H2,(H,33,37). The van der Waals surface area contributed by atoms with Crippen LogP contribution in [-0.4, -0.2) is 40.3 Å². The summed E-state index contributed by atoms with van der Waals surface area (Å²) < 4.78 is 8.12. The highest BCUT2D eigenvalue weighted by Crippen LogP contribution is 2.35. The van der Waals surface area contributed by atoms with Crippen LogP contribution in [0, 0.1) is 0 Å². The van der Waals surface area contributed by atoms with Gasteiger partial charge in [0.1, 0.15) is 5.75 Å². The third-order valence-corrected chi connectivity index (χ3v) is 6.93. The molecule has 0 bridgehead atoms. The molecule has 1 aliphatic rings. The van der Waals surface area contributed by atoms with E-state index in [4.69, 9.17) is 9.84 Å². The molecule has 1 amide bonds. The van der Waals surface area contributed by atoms with Gasteiger partial charge in [0.05, 0.1) is 24.2 Å². The molecule has 196 valence electrons. The van der Waals surface area contributed by atoms with Crippen LogP contribution in [0.5, 0.6) is 5.75 Å². The molecule has 5 rings (SSSR count). The Morgan fingerprint density at radius 2 is 1.82 bits per heavy atom. The summed E-state index contributed by atoms with van der Waals surface area (Å²) in [4.78, 5) is 17.2. The fourth-order valence-corrected chi connectivity index (χ4v) is 4.84. The van der Waals surface area contributed by atoms with Gasteiger partial charge in [-0.25, -0.2) is 4.98 Å². The van der Waals surface area contributed by atoms with E-state index in [0.29, 0.717) is 37.4 Å².